The molecule has 180 valence electrons. The fourth-order valence-corrected chi connectivity index (χ4v) is 4.19. The summed E-state index contributed by atoms with van der Waals surface area (Å²) in [6.07, 6.45) is 3.32. The number of para-hydroxylation sites is 2. The van der Waals surface area contributed by atoms with Crippen LogP contribution >= 0.6 is 0 Å². The van der Waals surface area contributed by atoms with Crippen molar-refractivity contribution in [3.8, 4) is 5.75 Å². The van der Waals surface area contributed by atoms with E-state index in [1.54, 1.807) is 0 Å². The number of hydrogen-bond donors (Lipinski definition) is 1. The average molecular weight is 483 g/mol. The predicted octanol–water partition coefficient (Wildman–Crippen LogP) is 4.83. The fraction of sp³-hybridized carbons (Fsp3) is 0.107. The third kappa shape index (κ3) is 4.36. The van der Waals surface area contributed by atoms with Gasteiger partial charge in [0.05, 0.1) is 12.2 Å². The SMILES string of the molecule is Cc1ccccc1OCCn1cc(C=C2C(=O)NC(=O)N(c3ccc(F)cc3)C2=O)c2ccccc21. The normalized spacial score (nSPS) is 15.0. The third-order valence-electron chi connectivity index (χ3n) is 5.99. The van der Waals surface area contributed by atoms with Gasteiger partial charge in [0.1, 0.15) is 23.7 Å². The second kappa shape index (κ2) is 9.50. The summed E-state index contributed by atoms with van der Waals surface area (Å²) in [7, 11) is 0. The van der Waals surface area contributed by atoms with E-state index >= 15 is 0 Å². The van der Waals surface area contributed by atoms with E-state index in [2.05, 4.69) is 5.32 Å². The summed E-state index contributed by atoms with van der Waals surface area (Å²) in [4.78, 5) is 39.0. The second-order valence-electron chi connectivity index (χ2n) is 8.34. The number of rotatable bonds is 6. The summed E-state index contributed by atoms with van der Waals surface area (Å²) >= 11 is 0. The van der Waals surface area contributed by atoms with E-state index < -0.39 is 23.7 Å². The Bertz CT molecular complexity index is 1520. The Morgan fingerprint density at radius 3 is 2.44 bits per heavy atom. The van der Waals surface area contributed by atoms with Crippen molar-refractivity contribution in [2.75, 3.05) is 11.5 Å². The van der Waals surface area contributed by atoms with Crippen LogP contribution in [0.2, 0.25) is 0 Å². The molecule has 0 bridgehead atoms. The van der Waals surface area contributed by atoms with E-state index in [1.165, 1.54) is 18.2 Å². The molecule has 4 aromatic rings. The first-order valence-corrected chi connectivity index (χ1v) is 11.4. The van der Waals surface area contributed by atoms with Gasteiger partial charge in [-0.1, -0.05) is 36.4 Å². The van der Waals surface area contributed by atoms with E-state index in [4.69, 9.17) is 4.74 Å². The lowest BCUT2D eigenvalue weighted by atomic mass is 10.1. The van der Waals surface area contributed by atoms with Crippen LogP contribution in [-0.2, 0) is 16.1 Å². The predicted molar refractivity (Wildman–Crippen MR) is 134 cm³/mol. The van der Waals surface area contributed by atoms with E-state index in [-0.39, 0.29) is 11.3 Å². The molecular weight excluding hydrogens is 461 g/mol. The molecule has 0 radical (unpaired) electrons. The molecule has 1 aliphatic heterocycles. The Kier molecular flexibility index (Phi) is 6.08. The van der Waals surface area contributed by atoms with Gasteiger partial charge in [-0.2, -0.15) is 0 Å². The minimum atomic E-state index is -0.885. The number of nitrogens with one attached hydrogen (secondary N) is 1. The average Bonchev–Trinajstić information content (AvgIpc) is 3.21. The number of anilines is 1. The minimum absolute atomic E-state index is 0.160. The third-order valence-corrected chi connectivity index (χ3v) is 5.99. The number of urea groups is 1. The number of benzene rings is 3. The number of nitrogens with zero attached hydrogens (tertiary/aromatic N) is 2. The molecule has 0 unspecified atom stereocenters. The van der Waals surface area contributed by atoms with Gasteiger partial charge >= 0.3 is 6.03 Å². The summed E-state index contributed by atoms with van der Waals surface area (Å²) in [5, 5.41) is 3.03. The smallest absolute Gasteiger partial charge is 0.335 e. The molecule has 5 rings (SSSR count). The highest BCUT2D eigenvalue weighted by atomic mass is 19.1. The Morgan fingerprint density at radius 1 is 0.944 bits per heavy atom. The maximum atomic E-state index is 13.3. The van der Waals surface area contributed by atoms with Gasteiger partial charge in [-0.25, -0.2) is 14.1 Å². The summed E-state index contributed by atoms with van der Waals surface area (Å²) < 4.78 is 21.3. The molecule has 8 heteroatoms. The van der Waals surface area contributed by atoms with Gasteiger partial charge in [-0.05, 0) is 55.0 Å². The highest BCUT2D eigenvalue weighted by molar-refractivity contribution is 6.39. The van der Waals surface area contributed by atoms with Crippen molar-refractivity contribution in [3.05, 3.63) is 102 Å². The van der Waals surface area contributed by atoms with Gasteiger partial charge in [0.15, 0.2) is 0 Å². The Balaban J connectivity index is 1.45. The molecule has 1 aromatic heterocycles. The van der Waals surface area contributed by atoms with Crippen LogP contribution in [0, 0.1) is 12.7 Å². The molecule has 0 aliphatic carbocycles. The number of carbonyl (C=O) groups is 3. The maximum Gasteiger partial charge on any atom is 0.335 e. The molecule has 1 aliphatic rings. The molecule has 3 aromatic carbocycles. The lowest BCUT2D eigenvalue weighted by molar-refractivity contribution is -0.122. The first-order chi connectivity index (χ1) is 17.4. The molecule has 0 atom stereocenters. The summed E-state index contributed by atoms with van der Waals surface area (Å²) in [5.74, 6) is -1.26. The summed E-state index contributed by atoms with van der Waals surface area (Å²) in [6, 6.07) is 19.4. The first-order valence-electron chi connectivity index (χ1n) is 11.4. The van der Waals surface area contributed by atoms with Crippen molar-refractivity contribution in [2.24, 2.45) is 0 Å². The van der Waals surface area contributed by atoms with Crippen molar-refractivity contribution in [1.82, 2.24) is 9.88 Å². The molecule has 36 heavy (non-hydrogen) atoms. The van der Waals surface area contributed by atoms with Gasteiger partial charge in [-0.15, -0.1) is 0 Å². The minimum Gasteiger partial charge on any atom is -0.491 e. The number of fused-ring (bicyclic) bond motifs is 1. The molecule has 0 spiro atoms. The van der Waals surface area contributed by atoms with Crippen LogP contribution in [0.4, 0.5) is 14.9 Å². The lowest BCUT2D eigenvalue weighted by Gasteiger charge is -2.26. The van der Waals surface area contributed by atoms with Crippen LogP contribution in [0.3, 0.4) is 0 Å². The zero-order chi connectivity index (χ0) is 25.2. The van der Waals surface area contributed by atoms with Crippen molar-refractivity contribution in [2.45, 2.75) is 13.5 Å². The maximum absolute atomic E-state index is 13.3. The van der Waals surface area contributed by atoms with Crippen LogP contribution in [0.15, 0.2) is 84.6 Å². The van der Waals surface area contributed by atoms with Crippen molar-refractivity contribution >= 4 is 40.5 Å². The standard InChI is InChI=1S/C28H22FN3O4/c1-18-6-2-5-9-25(18)36-15-14-31-17-19(22-7-3-4-8-24(22)31)16-23-26(33)30-28(35)32(27(23)34)21-12-10-20(29)11-13-21/h2-13,16-17H,14-15H2,1H3,(H,30,33,35). The summed E-state index contributed by atoms with van der Waals surface area (Å²) in [5.41, 5.74) is 2.56. The molecule has 7 nitrogen and oxygen atoms in total. The Hall–Kier alpha value is -4.72. The first kappa shape index (κ1) is 23.0. The van der Waals surface area contributed by atoms with Crippen LogP contribution < -0.4 is 15.0 Å². The fourth-order valence-electron chi connectivity index (χ4n) is 4.19. The van der Waals surface area contributed by atoms with Gasteiger partial charge in [0, 0.05) is 22.7 Å². The van der Waals surface area contributed by atoms with E-state index in [1.807, 2.05) is 66.2 Å². The van der Waals surface area contributed by atoms with Crippen LogP contribution in [0.1, 0.15) is 11.1 Å². The number of aromatic nitrogens is 1. The topological polar surface area (TPSA) is 80.6 Å². The molecule has 0 saturated carbocycles. The highest BCUT2D eigenvalue weighted by Crippen LogP contribution is 2.27. The van der Waals surface area contributed by atoms with Crippen LogP contribution in [0.25, 0.3) is 17.0 Å². The number of halogens is 1. The number of hydrogen-bond acceptors (Lipinski definition) is 4. The van der Waals surface area contributed by atoms with Crippen LogP contribution in [-0.4, -0.2) is 29.0 Å². The molecule has 4 amide bonds. The summed E-state index contributed by atoms with van der Waals surface area (Å²) in [6.45, 7) is 2.95. The van der Waals surface area contributed by atoms with Crippen LogP contribution in [0.5, 0.6) is 5.75 Å². The number of ether oxygens (including phenoxy) is 1. The number of barbiturate groups is 1. The zero-order valence-electron chi connectivity index (χ0n) is 19.4. The largest absolute Gasteiger partial charge is 0.491 e. The lowest BCUT2D eigenvalue weighted by Crippen LogP contribution is -2.54. The number of imide groups is 2. The van der Waals surface area contributed by atoms with E-state index in [0.717, 1.165) is 39.2 Å². The zero-order valence-corrected chi connectivity index (χ0v) is 19.4. The number of carbonyl (C=O) groups excluding carboxylic acids is 3. The highest BCUT2D eigenvalue weighted by Gasteiger charge is 2.37. The molecular formula is C28H22FN3O4. The Labute approximate surface area is 206 Å². The second-order valence-corrected chi connectivity index (χ2v) is 8.34. The van der Waals surface area contributed by atoms with Gasteiger partial charge in [0.25, 0.3) is 11.8 Å². The number of amides is 4. The van der Waals surface area contributed by atoms with Gasteiger partial charge < -0.3 is 9.30 Å². The van der Waals surface area contributed by atoms with Gasteiger partial charge in [-0.3, -0.25) is 14.9 Å². The van der Waals surface area contributed by atoms with E-state index in [0.29, 0.717) is 18.7 Å². The molecule has 2 heterocycles. The van der Waals surface area contributed by atoms with Crippen molar-refractivity contribution in [3.63, 3.8) is 0 Å². The Morgan fingerprint density at radius 2 is 1.67 bits per heavy atom. The monoisotopic (exact) mass is 483 g/mol. The number of aryl methyl sites for hydroxylation is 1. The van der Waals surface area contributed by atoms with Gasteiger partial charge in [0.2, 0.25) is 0 Å². The van der Waals surface area contributed by atoms with Crippen molar-refractivity contribution < 1.29 is 23.5 Å². The molecule has 1 fully saturated rings. The quantitative estimate of drug-likeness (QED) is 0.315. The molecule has 1 saturated heterocycles. The van der Waals surface area contributed by atoms with Crippen molar-refractivity contribution in [1.29, 1.82) is 0 Å². The van der Waals surface area contributed by atoms with E-state index in [9.17, 15) is 18.8 Å². The molecule has 1 N–H and O–H groups in total.